The molecule has 0 unspecified atom stereocenters. The number of rotatable bonds is 6. The Labute approximate surface area is 97.5 Å². The van der Waals surface area contributed by atoms with E-state index in [4.69, 9.17) is 0 Å². The molecule has 0 radical (unpaired) electrons. The number of ketones is 1. The van der Waals surface area contributed by atoms with Gasteiger partial charge in [0.15, 0.2) is 5.78 Å². The van der Waals surface area contributed by atoms with Crippen molar-refractivity contribution in [1.29, 1.82) is 0 Å². The average molecular weight is 220 g/mol. The van der Waals surface area contributed by atoms with Crippen molar-refractivity contribution in [3.63, 3.8) is 0 Å². The minimum Gasteiger partial charge on any atom is -0.357 e. The monoisotopic (exact) mass is 220 g/mol. The molecule has 88 valence electrons. The van der Waals surface area contributed by atoms with Gasteiger partial charge in [-0.3, -0.25) is 4.79 Å². The summed E-state index contributed by atoms with van der Waals surface area (Å²) in [6.45, 7) is 7.84. The molecule has 1 rings (SSSR count). The molecular weight excluding hydrogens is 200 g/mol. The Morgan fingerprint density at radius 1 is 1.38 bits per heavy atom. The van der Waals surface area contributed by atoms with E-state index in [0.29, 0.717) is 5.56 Å². The largest absolute Gasteiger partial charge is 0.357 e. The number of carbonyl (C=O) groups excluding carboxylic acids is 1. The second-order valence-corrected chi connectivity index (χ2v) is 3.89. The van der Waals surface area contributed by atoms with Crippen LogP contribution in [0, 0.1) is 0 Å². The Morgan fingerprint density at radius 3 is 2.56 bits per heavy atom. The lowest BCUT2D eigenvalue weighted by atomic mass is 10.2. The number of aromatic nitrogens is 1. The maximum Gasteiger partial charge on any atom is 0.161 e. The minimum absolute atomic E-state index is 0.0654. The fourth-order valence-electron chi connectivity index (χ4n) is 1.57. The SMILES string of the molecule is CCCCN(CC)c1ccc(C(C)=O)cn1. The molecule has 0 fully saturated rings. The topological polar surface area (TPSA) is 33.2 Å². The van der Waals surface area contributed by atoms with Gasteiger partial charge in [0.1, 0.15) is 5.82 Å². The highest BCUT2D eigenvalue weighted by atomic mass is 16.1. The number of nitrogens with zero attached hydrogens (tertiary/aromatic N) is 2. The summed E-state index contributed by atoms with van der Waals surface area (Å²) in [6, 6.07) is 3.77. The first-order valence-corrected chi connectivity index (χ1v) is 5.91. The van der Waals surface area contributed by atoms with Crippen LogP contribution in [0.2, 0.25) is 0 Å². The number of anilines is 1. The standard InChI is InChI=1S/C13H20N2O/c1-4-6-9-15(5-2)13-8-7-12(10-14-13)11(3)16/h7-8,10H,4-6,9H2,1-3H3. The molecule has 1 heterocycles. The highest BCUT2D eigenvalue weighted by molar-refractivity contribution is 5.93. The Balaban J connectivity index is 2.74. The Morgan fingerprint density at radius 2 is 2.12 bits per heavy atom. The molecule has 1 aromatic rings. The van der Waals surface area contributed by atoms with Crippen LogP contribution in [-0.2, 0) is 0 Å². The Bertz CT molecular complexity index is 332. The van der Waals surface area contributed by atoms with E-state index in [2.05, 4.69) is 23.7 Å². The van der Waals surface area contributed by atoms with Crippen molar-refractivity contribution < 1.29 is 4.79 Å². The lowest BCUT2D eigenvalue weighted by molar-refractivity contribution is 0.101. The first-order valence-electron chi connectivity index (χ1n) is 5.91. The van der Waals surface area contributed by atoms with Crippen molar-refractivity contribution in [3.05, 3.63) is 23.9 Å². The second kappa shape index (κ2) is 6.26. The van der Waals surface area contributed by atoms with E-state index >= 15 is 0 Å². The number of hydrogen-bond donors (Lipinski definition) is 0. The van der Waals surface area contributed by atoms with Crippen molar-refractivity contribution in [1.82, 2.24) is 4.98 Å². The van der Waals surface area contributed by atoms with Crippen molar-refractivity contribution in [3.8, 4) is 0 Å². The fourth-order valence-corrected chi connectivity index (χ4v) is 1.57. The molecular formula is C13H20N2O. The summed E-state index contributed by atoms with van der Waals surface area (Å²) in [5, 5.41) is 0. The molecule has 0 aliphatic heterocycles. The Hall–Kier alpha value is -1.38. The molecule has 0 N–H and O–H groups in total. The van der Waals surface area contributed by atoms with Crippen LogP contribution < -0.4 is 4.90 Å². The molecule has 16 heavy (non-hydrogen) atoms. The van der Waals surface area contributed by atoms with E-state index in [0.717, 1.165) is 18.9 Å². The molecule has 0 amide bonds. The molecule has 0 aliphatic carbocycles. The van der Waals surface area contributed by atoms with Gasteiger partial charge < -0.3 is 4.90 Å². The van der Waals surface area contributed by atoms with E-state index in [9.17, 15) is 4.79 Å². The number of carbonyl (C=O) groups is 1. The number of pyridine rings is 1. The second-order valence-electron chi connectivity index (χ2n) is 3.89. The maximum absolute atomic E-state index is 11.1. The summed E-state index contributed by atoms with van der Waals surface area (Å²) >= 11 is 0. The van der Waals surface area contributed by atoms with Crippen LogP contribution in [0.4, 0.5) is 5.82 Å². The molecule has 0 bridgehead atoms. The Kier molecular flexibility index (Phi) is 4.96. The van der Waals surface area contributed by atoms with Gasteiger partial charge in [0.25, 0.3) is 0 Å². The van der Waals surface area contributed by atoms with Crippen LogP contribution in [0.3, 0.4) is 0 Å². The van der Waals surface area contributed by atoms with E-state index in [1.807, 2.05) is 12.1 Å². The van der Waals surface area contributed by atoms with E-state index < -0.39 is 0 Å². The van der Waals surface area contributed by atoms with Gasteiger partial charge in [0.05, 0.1) is 0 Å². The van der Waals surface area contributed by atoms with Gasteiger partial charge in [0, 0.05) is 24.8 Å². The number of Topliss-reactive ketones (excluding diaryl/α,β-unsaturated/α-hetero) is 1. The van der Waals surface area contributed by atoms with Crippen LogP contribution in [0.15, 0.2) is 18.3 Å². The predicted octanol–water partition coefficient (Wildman–Crippen LogP) is 2.91. The lowest BCUT2D eigenvalue weighted by Crippen LogP contribution is -2.24. The van der Waals surface area contributed by atoms with Gasteiger partial charge in [-0.2, -0.15) is 0 Å². The van der Waals surface area contributed by atoms with Crippen LogP contribution in [0.5, 0.6) is 0 Å². The van der Waals surface area contributed by atoms with E-state index in [1.165, 1.54) is 12.8 Å². The van der Waals surface area contributed by atoms with Crippen LogP contribution in [0.1, 0.15) is 44.0 Å². The first kappa shape index (κ1) is 12.7. The van der Waals surface area contributed by atoms with Crippen LogP contribution in [0.25, 0.3) is 0 Å². The van der Waals surface area contributed by atoms with Crippen molar-refractivity contribution >= 4 is 11.6 Å². The number of unbranched alkanes of at least 4 members (excludes halogenated alkanes) is 1. The number of hydrogen-bond acceptors (Lipinski definition) is 3. The third-order valence-corrected chi connectivity index (χ3v) is 2.64. The lowest BCUT2D eigenvalue weighted by Gasteiger charge is -2.21. The summed E-state index contributed by atoms with van der Waals surface area (Å²) in [6.07, 6.45) is 4.01. The molecule has 0 aliphatic rings. The zero-order chi connectivity index (χ0) is 12.0. The van der Waals surface area contributed by atoms with E-state index in [-0.39, 0.29) is 5.78 Å². The summed E-state index contributed by atoms with van der Waals surface area (Å²) in [7, 11) is 0. The molecule has 3 nitrogen and oxygen atoms in total. The van der Waals surface area contributed by atoms with Gasteiger partial charge in [0.2, 0.25) is 0 Å². The van der Waals surface area contributed by atoms with Gasteiger partial charge >= 0.3 is 0 Å². The summed E-state index contributed by atoms with van der Waals surface area (Å²) in [5.74, 6) is 1.02. The molecule has 0 spiro atoms. The van der Waals surface area contributed by atoms with Gasteiger partial charge in [-0.05, 0) is 32.4 Å². The van der Waals surface area contributed by atoms with Crippen LogP contribution >= 0.6 is 0 Å². The quantitative estimate of drug-likeness (QED) is 0.691. The highest BCUT2D eigenvalue weighted by Gasteiger charge is 2.06. The molecule has 0 saturated heterocycles. The molecule has 0 saturated carbocycles. The average Bonchev–Trinajstić information content (AvgIpc) is 2.30. The molecule has 3 heteroatoms. The van der Waals surface area contributed by atoms with Gasteiger partial charge in [-0.25, -0.2) is 4.98 Å². The molecule has 1 aromatic heterocycles. The van der Waals surface area contributed by atoms with Gasteiger partial charge in [-0.15, -0.1) is 0 Å². The molecule has 0 aromatic carbocycles. The third-order valence-electron chi connectivity index (χ3n) is 2.64. The summed E-state index contributed by atoms with van der Waals surface area (Å²) in [4.78, 5) is 17.7. The van der Waals surface area contributed by atoms with Crippen molar-refractivity contribution in [2.45, 2.75) is 33.6 Å². The third kappa shape index (κ3) is 3.33. The van der Waals surface area contributed by atoms with Crippen LogP contribution in [-0.4, -0.2) is 23.9 Å². The predicted molar refractivity (Wildman–Crippen MR) is 67.0 cm³/mol. The van der Waals surface area contributed by atoms with Crippen molar-refractivity contribution in [2.24, 2.45) is 0 Å². The molecule has 0 atom stereocenters. The smallest absolute Gasteiger partial charge is 0.161 e. The van der Waals surface area contributed by atoms with Crippen molar-refractivity contribution in [2.75, 3.05) is 18.0 Å². The van der Waals surface area contributed by atoms with E-state index in [1.54, 1.807) is 13.1 Å². The summed E-state index contributed by atoms with van der Waals surface area (Å²) < 4.78 is 0. The minimum atomic E-state index is 0.0654. The first-order chi connectivity index (χ1) is 7.69. The summed E-state index contributed by atoms with van der Waals surface area (Å²) in [5.41, 5.74) is 0.676. The fraction of sp³-hybridized carbons (Fsp3) is 0.538. The normalized spacial score (nSPS) is 10.2. The van der Waals surface area contributed by atoms with Gasteiger partial charge in [-0.1, -0.05) is 13.3 Å². The highest BCUT2D eigenvalue weighted by Crippen LogP contribution is 2.12. The maximum atomic E-state index is 11.1. The zero-order valence-corrected chi connectivity index (χ0v) is 10.4. The zero-order valence-electron chi connectivity index (χ0n) is 10.4.